The average molecular weight is 795 g/mol. The van der Waals surface area contributed by atoms with Gasteiger partial charge in [-0.15, -0.1) is 0 Å². The molecule has 0 rings (SSSR count). The number of rotatable bonds is 43. The molecule has 0 aliphatic carbocycles. The Bertz CT molecular complexity index is 931. The maximum Gasteiger partial charge on any atom is 0.362 e. The molecule has 0 saturated heterocycles. The topological polar surface area (TPSA) is 99.1 Å². The van der Waals surface area contributed by atoms with Gasteiger partial charge in [0.15, 0.2) is 12.1 Å². The zero-order valence-electron chi connectivity index (χ0n) is 37.6. The summed E-state index contributed by atoms with van der Waals surface area (Å²) >= 11 is 0. The number of carboxylic acids is 1. The molecule has 8 nitrogen and oxygen atoms in total. The molecule has 0 aromatic carbocycles. The Morgan fingerprint density at radius 2 is 0.893 bits per heavy atom. The van der Waals surface area contributed by atoms with Crippen molar-refractivity contribution < 1.29 is 38.2 Å². The highest BCUT2D eigenvalue weighted by atomic mass is 16.6. The van der Waals surface area contributed by atoms with E-state index >= 15 is 0 Å². The fourth-order valence-corrected chi connectivity index (χ4v) is 7.21. The summed E-state index contributed by atoms with van der Waals surface area (Å²) in [5.41, 5.74) is 0. The number of nitrogens with zero attached hydrogens (tertiary/aromatic N) is 1. The van der Waals surface area contributed by atoms with Gasteiger partial charge in [0.2, 0.25) is 0 Å². The van der Waals surface area contributed by atoms with Crippen LogP contribution in [-0.2, 0) is 28.6 Å². The molecule has 56 heavy (non-hydrogen) atoms. The van der Waals surface area contributed by atoms with Gasteiger partial charge in [-0.3, -0.25) is 9.59 Å². The van der Waals surface area contributed by atoms with Crippen molar-refractivity contribution in [3.8, 4) is 0 Å². The second kappa shape index (κ2) is 39.9. The third kappa shape index (κ3) is 37.6. The van der Waals surface area contributed by atoms with Crippen LogP contribution < -0.4 is 0 Å². The van der Waals surface area contributed by atoms with Crippen LogP contribution in [-0.4, -0.2) is 80.6 Å². The van der Waals surface area contributed by atoms with Crippen LogP contribution in [0.15, 0.2) is 12.2 Å². The third-order valence-electron chi connectivity index (χ3n) is 10.9. The second-order valence-electron chi connectivity index (χ2n) is 17.4. The Hall–Kier alpha value is -1.93. The highest BCUT2D eigenvalue weighted by Gasteiger charge is 2.31. The van der Waals surface area contributed by atoms with Gasteiger partial charge in [-0.25, -0.2) is 4.79 Å². The summed E-state index contributed by atoms with van der Waals surface area (Å²) in [6.07, 6.45) is 42.5. The van der Waals surface area contributed by atoms with Crippen molar-refractivity contribution in [1.29, 1.82) is 0 Å². The summed E-state index contributed by atoms with van der Waals surface area (Å²) in [4.78, 5) is 37.0. The molecule has 0 saturated carbocycles. The Morgan fingerprint density at radius 1 is 0.518 bits per heavy atom. The number of carbonyl (C=O) groups is 3. The van der Waals surface area contributed by atoms with Crippen molar-refractivity contribution in [2.24, 2.45) is 0 Å². The number of ether oxygens (including phenoxy) is 3. The molecule has 330 valence electrons. The number of likely N-dealkylation sites (N-methyl/N-ethyl adjacent to an activating group) is 1. The maximum atomic E-state index is 12.7. The van der Waals surface area contributed by atoms with Crippen LogP contribution in [0.2, 0.25) is 0 Å². The molecular formula is C48H92NO7+. The molecule has 1 N–H and O–H groups in total. The predicted molar refractivity (Wildman–Crippen MR) is 234 cm³/mol. The van der Waals surface area contributed by atoms with Gasteiger partial charge in [0.25, 0.3) is 0 Å². The van der Waals surface area contributed by atoms with E-state index in [1.54, 1.807) is 0 Å². The molecule has 8 heteroatoms. The summed E-state index contributed by atoms with van der Waals surface area (Å²) in [5, 5.41) is 9.63. The summed E-state index contributed by atoms with van der Waals surface area (Å²) in [6.45, 7) is 4.76. The smallest absolute Gasteiger partial charge is 0.362 e. The molecule has 0 aliphatic rings. The predicted octanol–water partition coefficient (Wildman–Crippen LogP) is 13.1. The Labute approximate surface area is 346 Å². The van der Waals surface area contributed by atoms with E-state index in [1.807, 2.05) is 21.1 Å². The molecule has 0 aromatic heterocycles. The van der Waals surface area contributed by atoms with Gasteiger partial charge in [-0.2, -0.15) is 0 Å². The number of hydrogen-bond acceptors (Lipinski definition) is 6. The molecular weight excluding hydrogens is 703 g/mol. The minimum absolute atomic E-state index is 0.0480. The number of allylic oxidation sites excluding steroid dienone is 2. The van der Waals surface area contributed by atoms with E-state index in [-0.39, 0.29) is 36.2 Å². The van der Waals surface area contributed by atoms with Crippen LogP contribution in [0.1, 0.15) is 226 Å². The standard InChI is InChI=1S/C48H91NO7/c1-6-8-10-12-14-16-18-20-22-24-26-28-30-32-34-36-38-46(50)55-43-44(42-54-41-40-45(48(52)53)49(3,4)5)56-47(51)39-37-35-33-31-29-27-25-23-21-19-17-15-13-11-9-7-2/h23,25,44-45H,6-22,24,26-43H2,1-5H3/p+1/b25-23-. The van der Waals surface area contributed by atoms with Crippen molar-refractivity contribution >= 4 is 17.9 Å². The minimum atomic E-state index is -0.873. The van der Waals surface area contributed by atoms with Crippen LogP contribution in [0.4, 0.5) is 0 Å². The van der Waals surface area contributed by atoms with Crippen molar-refractivity contribution in [2.45, 2.75) is 238 Å². The summed E-state index contributed by atoms with van der Waals surface area (Å²) in [7, 11) is 5.54. The van der Waals surface area contributed by atoms with E-state index in [1.165, 1.54) is 141 Å². The van der Waals surface area contributed by atoms with Crippen LogP contribution >= 0.6 is 0 Å². The number of carboxylic acid groups (broad SMARTS) is 1. The molecule has 2 unspecified atom stereocenters. The monoisotopic (exact) mass is 795 g/mol. The number of esters is 2. The fourth-order valence-electron chi connectivity index (χ4n) is 7.21. The largest absolute Gasteiger partial charge is 0.477 e. The van der Waals surface area contributed by atoms with Crippen LogP contribution in [0.25, 0.3) is 0 Å². The summed E-state index contributed by atoms with van der Waals surface area (Å²) in [6, 6.07) is -0.612. The Kier molecular flexibility index (Phi) is 38.5. The molecule has 0 fully saturated rings. The zero-order valence-corrected chi connectivity index (χ0v) is 37.6. The van der Waals surface area contributed by atoms with Crippen LogP contribution in [0.5, 0.6) is 0 Å². The first kappa shape index (κ1) is 54.1. The summed E-state index contributed by atoms with van der Waals surface area (Å²) < 4.78 is 17.3. The lowest BCUT2D eigenvalue weighted by Crippen LogP contribution is -2.50. The zero-order chi connectivity index (χ0) is 41.4. The minimum Gasteiger partial charge on any atom is -0.477 e. The van der Waals surface area contributed by atoms with Crippen molar-refractivity contribution in [1.82, 2.24) is 0 Å². The first-order valence-electron chi connectivity index (χ1n) is 23.7. The molecule has 2 atom stereocenters. The maximum absolute atomic E-state index is 12.7. The van der Waals surface area contributed by atoms with Gasteiger partial charge in [-0.1, -0.05) is 180 Å². The van der Waals surface area contributed by atoms with E-state index in [0.29, 0.717) is 19.3 Å². The molecule has 0 spiro atoms. The Morgan fingerprint density at radius 3 is 1.29 bits per heavy atom. The van der Waals surface area contributed by atoms with E-state index in [4.69, 9.17) is 14.2 Å². The van der Waals surface area contributed by atoms with Crippen LogP contribution in [0.3, 0.4) is 0 Å². The second-order valence-corrected chi connectivity index (χ2v) is 17.4. The van der Waals surface area contributed by atoms with Gasteiger partial charge >= 0.3 is 17.9 Å². The average Bonchev–Trinajstić information content (AvgIpc) is 3.15. The normalized spacial score (nSPS) is 12.9. The lowest BCUT2D eigenvalue weighted by molar-refractivity contribution is -0.887. The third-order valence-corrected chi connectivity index (χ3v) is 10.9. The van der Waals surface area contributed by atoms with Crippen LogP contribution in [0, 0.1) is 0 Å². The first-order chi connectivity index (χ1) is 27.1. The lowest BCUT2D eigenvalue weighted by atomic mass is 10.0. The van der Waals surface area contributed by atoms with Gasteiger partial charge in [0.1, 0.15) is 6.61 Å². The lowest BCUT2D eigenvalue weighted by Gasteiger charge is -2.31. The van der Waals surface area contributed by atoms with Crippen molar-refractivity contribution in [3.63, 3.8) is 0 Å². The van der Waals surface area contributed by atoms with Gasteiger partial charge in [0, 0.05) is 19.3 Å². The number of hydrogen-bond donors (Lipinski definition) is 1. The number of unbranched alkanes of at least 4 members (excludes halogenated alkanes) is 27. The first-order valence-corrected chi connectivity index (χ1v) is 23.7. The van der Waals surface area contributed by atoms with Gasteiger partial charge < -0.3 is 23.8 Å². The van der Waals surface area contributed by atoms with Gasteiger partial charge in [-0.05, 0) is 38.5 Å². The number of aliphatic carboxylic acids is 1. The fraction of sp³-hybridized carbons (Fsp3) is 0.896. The van der Waals surface area contributed by atoms with Gasteiger partial charge in [0.05, 0.1) is 34.4 Å². The SMILES string of the molecule is CCCCCCCCC/C=C\CCCCCCCC(=O)OC(COCCC(C(=O)O)[N+](C)(C)C)COC(=O)CCCCCCCCCCCCCCCCCC. The quantitative estimate of drug-likeness (QED) is 0.0284. The van der Waals surface area contributed by atoms with E-state index < -0.39 is 18.1 Å². The van der Waals surface area contributed by atoms with E-state index in [0.717, 1.165) is 51.4 Å². The molecule has 0 bridgehead atoms. The number of quaternary nitrogens is 1. The molecule has 0 aliphatic heterocycles. The molecule has 0 heterocycles. The molecule has 0 radical (unpaired) electrons. The van der Waals surface area contributed by atoms with Crippen molar-refractivity contribution in [2.75, 3.05) is 41.0 Å². The highest BCUT2D eigenvalue weighted by Crippen LogP contribution is 2.16. The molecule has 0 aromatic rings. The van der Waals surface area contributed by atoms with Crippen molar-refractivity contribution in [3.05, 3.63) is 12.2 Å². The molecule has 0 amide bonds. The Balaban J connectivity index is 4.28. The summed E-state index contributed by atoms with van der Waals surface area (Å²) in [5.74, 6) is -1.46. The van der Waals surface area contributed by atoms with E-state index in [2.05, 4.69) is 26.0 Å². The number of carbonyl (C=O) groups excluding carboxylic acids is 2. The highest BCUT2D eigenvalue weighted by molar-refractivity contribution is 5.72. The van der Waals surface area contributed by atoms with E-state index in [9.17, 15) is 19.5 Å².